The molecule has 2 aromatic rings. The first-order valence-electron chi connectivity index (χ1n) is 8.19. The Labute approximate surface area is 145 Å². The van der Waals surface area contributed by atoms with Crippen molar-refractivity contribution in [1.29, 1.82) is 0 Å². The summed E-state index contributed by atoms with van der Waals surface area (Å²) in [4.78, 5) is 23.9. The number of carboxylic acid groups (broad SMARTS) is 1. The summed E-state index contributed by atoms with van der Waals surface area (Å²) in [5, 5.41) is 14.6. The predicted octanol–water partition coefficient (Wildman–Crippen LogP) is 3.24. The highest BCUT2D eigenvalue weighted by Gasteiger charge is 2.41. The number of hydrogen-bond donors (Lipinski definition) is 2. The Kier molecular flexibility index (Phi) is 5.09. The highest BCUT2D eigenvalue weighted by Crippen LogP contribution is 2.27. The van der Waals surface area contributed by atoms with Gasteiger partial charge in [-0.1, -0.05) is 42.5 Å². The third-order valence-electron chi connectivity index (χ3n) is 4.59. The first-order chi connectivity index (χ1) is 11.6. The highest BCUT2D eigenvalue weighted by molar-refractivity contribution is 7.99. The molecule has 0 saturated carbocycles. The van der Waals surface area contributed by atoms with Gasteiger partial charge in [0.05, 0.1) is 0 Å². The van der Waals surface area contributed by atoms with Gasteiger partial charge in [-0.2, -0.15) is 11.8 Å². The Bertz CT molecular complexity index is 753. The van der Waals surface area contributed by atoms with Gasteiger partial charge in [0.1, 0.15) is 5.54 Å². The number of carbonyl (C=O) groups is 2. The van der Waals surface area contributed by atoms with Crippen LogP contribution in [-0.2, 0) is 16.0 Å². The molecule has 4 nitrogen and oxygen atoms in total. The maximum Gasteiger partial charge on any atom is 0.329 e. The lowest BCUT2D eigenvalue weighted by atomic mass is 9.92. The van der Waals surface area contributed by atoms with Gasteiger partial charge in [0.15, 0.2) is 0 Å². The van der Waals surface area contributed by atoms with Crippen molar-refractivity contribution in [3.8, 4) is 0 Å². The third-order valence-corrected chi connectivity index (χ3v) is 5.57. The monoisotopic (exact) mass is 343 g/mol. The van der Waals surface area contributed by atoms with Crippen molar-refractivity contribution >= 4 is 34.4 Å². The molecule has 2 aromatic carbocycles. The van der Waals surface area contributed by atoms with Gasteiger partial charge in [-0.3, -0.25) is 4.79 Å². The Balaban J connectivity index is 1.62. The van der Waals surface area contributed by atoms with Crippen LogP contribution in [0.3, 0.4) is 0 Å². The summed E-state index contributed by atoms with van der Waals surface area (Å²) in [5.41, 5.74) is 0.0125. The van der Waals surface area contributed by atoms with Crippen LogP contribution in [0.4, 0.5) is 0 Å². The van der Waals surface area contributed by atoms with Crippen LogP contribution in [0.5, 0.6) is 0 Å². The topological polar surface area (TPSA) is 66.4 Å². The van der Waals surface area contributed by atoms with Gasteiger partial charge in [-0.05, 0) is 47.1 Å². The molecule has 0 bridgehead atoms. The zero-order chi connectivity index (χ0) is 17.0. The number of carbonyl (C=O) groups excluding carboxylic acids is 1. The van der Waals surface area contributed by atoms with Crippen molar-refractivity contribution in [3.05, 3.63) is 48.0 Å². The van der Waals surface area contributed by atoms with E-state index < -0.39 is 11.5 Å². The zero-order valence-corrected chi connectivity index (χ0v) is 14.3. The molecule has 0 unspecified atom stereocenters. The molecule has 24 heavy (non-hydrogen) atoms. The van der Waals surface area contributed by atoms with Crippen molar-refractivity contribution in [1.82, 2.24) is 5.32 Å². The van der Waals surface area contributed by atoms with E-state index in [1.807, 2.05) is 18.2 Å². The van der Waals surface area contributed by atoms with Crippen molar-refractivity contribution in [2.24, 2.45) is 0 Å². The molecule has 0 atom stereocenters. The highest BCUT2D eigenvalue weighted by atomic mass is 32.2. The molecule has 1 heterocycles. The zero-order valence-electron chi connectivity index (χ0n) is 13.5. The van der Waals surface area contributed by atoms with Crippen LogP contribution >= 0.6 is 11.8 Å². The Morgan fingerprint density at radius 3 is 2.50 bits per heavy atom. The minimum Gasteiger partial charge on any atom is -0.480 e. The normalized spacial score (nSPS) is 16.7. The first-order valence-corrected chi connectivity index (χ1v) is 9.34. The number of hydrogen-bond acceptors (Lipinski definition) is 3. The van der Waals surface area contributed by atoms with Gasteiger partial charge in [0, 0.05) is 6.42 Å². The van der Waals surface area contributed by atoms with Crippen molar-refractivity contribution in [2.75, 3.05) is 11.5 Å². The second-order valence-corrected chi connectivity index (χ2v) is 7.45. The molecule has 1 saturated heterocycles. The SMILES string of the molecule is O=C(CCc1ccc2ccccc2c1)NC1(C(=O)O)CCSCC1. The van der Waals surface area contributed by atoms with E-state index in [4.69, 9.17) is 0 Å². The molecule has 2 N–H and O–H groups in total. The second kappa shape index (κ2) is 7.26. The molecule has 0 spiro atoms. The average molecular weight is 343 g/mol. The molecule has 126 valence electrons. The van der Waals surface area contributed by atoms with Gasteiger partial charge in [-0.25, -0.2) is 4.79 Å². The fourth-order valence-corrected chi connectivity index (χ4v) is 4.28. The van der Waals surface area contributed by atoms with Crippen LogP contribution < -0.4 is 5.32 Å². The van der Waals surface area contributed by atoms with E-state index >= 15 is 0 Å². The van der Waals surface area contributed by atoms with Crippen LogP contribution in [0.25, 0.3) is 10.8 Å². The number of aryl methyl sites for hydroxylation is 1. The maximum atomic E-state index is 12.3. The fourth-order valence-electron chi connectivity index (χ4n) is 3.09. The first kappa shape index (κ1) is 16.8. The predicted molar refractivity (Wildman–Crippen MR) is 97.3 cm³/mol. The molecule has 1 amide bonds. The summed E-state index contributed by atoms with van der Waals surface area (Å²) in [6.45, 7) is 0. The third kappa shape index (κ3) is 3.73. The van der Waals surface area contributed by atoms with Gasteiger partial charge in [-0.15, -0.1) is 0 Å². The molecule has 1 aliphatic heterocycles. The largest absolute Gasteiger partial charge is 0.480 e. The van der Waals surface area contributed by atoms with E-state index in [0.29, 0.717) is 25.7 Å². The molecule has 0 radical (unpaired) electrons. The summed E-state index contributed by atoms with van der Waals surface area (Å²) in [5.74, 6) is 0.452. The quantitative estimate of drug-likeness (QED) is 0.875. The van der Waals surface area contributed by atoms with Crippen molar-refractivity contribution in [3.63, 3.8) is 0 Å². The van der Waals surface area contributed by atoms with Crippen molar-refractivity contribution < 1.29 is 14.7 Å². The summed E-state index contributed by atoms with van der Waals surface area (Å²) in [6, 6.07) is 14.3. The Morgan fingerprint density at radius 2 is 1.79 bits per heavy atom. The fraction of sp³-hybridized carbons (Fsp3) is 0.368. The molecule has 1 aliphatic rings. The Hall–Kier alpha value is -2.01. The number of fused-ring (bicyclic) bond motifs is 1. The molecular weight excluding hydrogens is 322 g/mol. The number of thioether (sulfide) groups is 1. The molecule has 0 aliphatic carbocycles. The van der Waals surface area contributed by atoms with E-state index in [9.17, 15) is 14.7 Å². The number of amides is 1. The minimum absolute atomic E-state index is 0.183. The van der Waals surface area contributed by atoms with Gasteiger partial charge in [0.2, 0.25) is 5.91 Å². The second-order valence-electron chi connectivity index (χ2n) is 6.23. The maximum absolute atomic E-state index is 12.3. The molecular formula is C19H21NO3S. The summed E-state index contributed by atoms with van der Waals surface area (Å²) in [6.07, 6.45) is 1.91. The Morgan fingerprint density at radius 1 is 1.08 bits per heavy atom. The van der Waals surface area contributed by atoms with E-state index in [-0.39, 0.29) is 5.91 Å². The molecule has 5 heteroatoms. The van der Waals surface area contributed by atoms with Crippen LogP contribution in [0, 0.1) is 0 Å². The van der Waals surface area contributed by atoms with Gasteiger partial charge >= 0.3 is 5.97 Å². The van der Waals surface area contributed by atoms with Crippen LogP contribution in [0.15, 0.2) is 42.5 Å². The lowest BCUT2D eigenvalue weighted by Crippen LogP contribution is -2.56. The van der Waals surface area contributed by atoms with E-state index in [2.05, 4.69) is 29.6 Å². The summed E-state index contributed by atoms with van der Waals surface area (Å²) in [7, 11) is 0. The molecule has 0 aromatic heterocycles. The smallest absolute Gasteiger partial charge is 0.329 e. The number of aliphatic carboxylic acids is 1. The van der Waals surface area contributed by atoms with E-state index in [0.717, 1.165) is 22.5 Å². The van der Waals surface area contributed by atoms with E-state index in [1.165, 1.54) is 5.39 Å². The number of carboxylic acids is 1. The number of nitrogens with one attached hydrogen (secondary N) is 1. The number of rotatable bonds is 5. The van der Waals surface area contributed by atoms with Crippen LogP contribution in [-0.4, -0.2) is 34.0 Å². The summed E-state index contributed by atoms with van der Waals surface area (Å²) >= 11 is 1.74. The molecule has 3 rings (SSSR count). The van der Waals surface area contributed by atoms with Crippen molar-refractivity contribution in [2.45, 2.75) is 31.2 Å². The minimum atomic E-state index is -1.08. The number of benzene rings is 2. The lowest BCUT2D eigenvalue weighted by Gasteiger charge is -2.33. The average Bonchev–Trinajstić information content (AvgIpc) is 2.60. The lowest BCUT2D eigenvalue weighted by molar-refractivity contribution is -0.148. The van der Waals surface area contributed by atoms with Crippen LogP contribution in [0.2, 0.25) is 0 Å². The van der Waals surface area contributed by atoms with Gasteiger partial charge in [0.25, 0.3) is 0 Å². The standard InChI is InChI=1S/C19H21NO3S/c21-17(20-19(18(22)23)9-11-24-12-10-19)8-6-14-5-7-15-3-1-2-4-16(15)13-14/h1-5,7,13H,6,8-12H2,(H,20,21)(H,22,23). The van der Waals surface area contributed by atoms with Crippen LogP contribution in [0.1, 0.15) is 24.8 Å². The van der Waals surface area contributed by atoms with Gasteiger partial charge < -0.3 is 10.4 Å². The summed E-state index contributed by atoms with van der Waals surface area (Å²) < 4.78 is 0. The molecule has 1 fully saturated rings. The van der Waals surface area contributed by atoms with E-state index in [1.54, 1.807) is 11.8 Å².